The number of carbonyl (C=O) groups excluding carboxylic acids is 3. The Hall–Kier alpha value is -1.29. The lowest BCUT2D eigenvalue weighted by molar-refractivity contribution is -0.144. The van der Waals surface area contributed by atoms with Gasteiger partial charge in [0.25, 0.3) is 0 Å². The van der Waals surface area contributed by atoms with E-state index in [2.05, 4.69) is 33.8 Å². The van der Waals surface area contributed by atoms with Crippen molar-refractivity contribution in [1.82, 2.24) is 0 Å². The normalized spacial score (nSPS) is 43.6. The molecule has 9 atom stereocenters. The van der Waals surface area contributed by atoms with E-state index in [1.165, 1.54) is 5.57 Å². The van der Waals surface area contributed by atoms with Crippen LogP contribution in [-0.2, 0) is 14.4 Å². The standard InChI is InChI=1S/C24H36O4/c1-6-8-17-12(3)9-15-10-13(4)22(26)16(7-2)19(15)20(17)24(28)21-18(25)11-14(5)23(21)27/h9,13-17,19-22,26H,6-8,10-11H2,1-5H3. The fraction of sp³-hybridized carbons (Fsp3) is 0.792. The average molecular weight is 389 g/mol. The van der Waals surface area contributed by atoms with Crippen molar-refractivity contribution >= 4 is 17.3 Å². The SMILES string of the molecule is CCCC1C(C)=CC2CC(C)C(O)C(CC)C2C1C(=O)C1C(=O)CC(C)C1=O. The van der Waals surface area contributed by atoms with Gasteiger partial charge in [-0.2, -0.15) is 0 Å². The number of fused-ring (bicyclic) bond motifs is 1. The van der Waals surface area contributed by atoms with E-state index in [9.17, 15) is 19.5 Å². The van der Waals surface area contributed by atoms with Gasteiger partial charge in [-0.15, -0.1) is 0 Å². The Kier molecular flexibility index (Phi) is 6.29. The van der Waals surface area contributed by atoms with Crippen LogP contribution in [0.4, 0.5) is 0 Å². The zero-order chi connectivity index (χ0) is 20.7. The fourth-order valence-electron chi connectivity index (χ4n) is 6.49. The van der Waals surface area contributed by atoms with Crippen LogP contribution in [0.2, 0.25) is 0 Å². The minimum absolute atomic E-state index is 0.0282. The summed E-state index contributed by atoms with van der Waals surface area (Å²) < 4.78 is 0. The molecule has 156 valence electrons. The van der Waals surface area contributed by atoms with Crippen LogP contribution in [0.5, 0.6) is 0 Å². The summed E-state index contributed by atoms with van der Waals surface area (Å²) >= 11 is 0. The summed E-state index contributed by atoms with van der Waals surface area (Å²) in [6, 6.07) is 0. The highest BCUT2D eigenvalue weighted by atomic mass is 16.3. The highest BCUT2D eigenvalue weighted by molar-refractivity contribution is 6.24. The van der Waals surface area contributed by atoms with Gasteiger partial charge >= 0.3 is 0 Å². The fourth-order valence-corrected chi connectivity index (χ4v) is 6.49. The highest BCUT2D eigenvalue weighted by Gasteiger charge is 2.55. The van der Waals surface area contributed by atoms with E-state index in [-0.39, 0.29) is 65.2 Å². The molecule has 0 aliphatic heterocycles. The van der Waals surface area contributed by atoms with Gasteiger partial charge in [0.05, 0.1) is 6.10 Å². The molecule has 9 unspecified atom stereocenters. The molecule has 0 aromatic carbocycles. The minimum Gasteiger partial charge on any atom is -0.393 e. The molecule has 0 saturated heterocycles. The summed E-state index contributed by atoms with van der Waals surface area (Å²) in [4.78, 5) is 39.0. The van der Waals surface area contributed by atoms with E-state index in [1.54, 1.807) is 6.92 Å². The first-order valence-corrected chi connectivity index (χ1v) is 11.2. The molecular formula is C24H36O4. The summed E-state index contributed by atoms with van der Waals surface area (Å²) in [5, 5.41) is 10.9. The smallest absolute Gasteiger partial charge is 0.154 e. The third-order valence-electron chi connectivity index (χ3n) is 7.85. The Morgan fingerprint density at radius 1 is 1.21 bits per heavy atom. The van der Waals surface area contributed by atoms with Crippen molar-refractivity contribution in [3.63, 3.8) is 0 Å². The third kappa shape index (κ3) is 3.42. The maximum absolute atomic E-state index is 13.8. The molecule has 0 radical (unpaired) electrons. The van der Waals surface area contributed by atoms with E-state index in [0.717, 1.165) is 25.7 Å². The molecule has 2 fully saturated rings. The molecule has 4 heteroatoms. The van der Waals surface area contributed by atoms with Crippen molar-refractivity contribution in [3.05, 3.63) is 11.6 Å². The predicted octanol–water partition coefficient (Wildman–Crippen LogP) is 4.00. The monoisotopic (exact) mass is 388 g/mol. The number of rotatable bonds is 5. The highest BCUT2D eigenvalue weighted by Crippen LogP contribution is 2.53. The third-order valence-corrected chi connectivity index (χ3v) is 7.85. The van der Waals surface area contributed by atoms with E-state index in [1.807, 2.05) is 0 Å². The van der Waals surface area contributed by atoms with Crippen LogP contribution < -0.4 is 0 Å². The van der Waals surface area contributed by atoms with Gasteiger partial charge in [0, 0.05) is 18.3 Å². The van der Waals surface area contributed by atoms with Gasteiger partial charge in [0.1, 0.15) is 5.92 Å². The molecule has 4 nitrogen and oxygen atoms in total. The first-order chi connectivity index (χ1) is 13.2. The molecule has 0 aromatic heterocycles. The first-order valence-electron chi connectivity index (χ1n) is 11.2. The van der Waals surface area contributed by atoms with Crippen molar-refractivity contribution in [2.45, 2.75) is 72.8 Å². The predicted molar refractivity (Wildman–Crippen MR) is 108 cm³/mol. The van der Waals surface area contributed by atoms with Gasteiger partial charge in [-0.25, -0.2) is 0 Å². The van der Waals surface area contributed by atoms with E-state index < -0.39 is 12.0 Å². The van der Waals surface area contributed by atoms with Crippen molar-refractivity contribution in [1.29, 1.82) is 0 Å². The number of aliphatic hydroxyl groups is 1. The zero-order valence-corrected chi connectivity index (χ0v) is 18.0. The van der Waals surface area contributed by atoms with Crippen molar-refractivity contribution in [3.8, 4) is 0 Å². The van der Waals surface area contributed by atoms with Crippen LogP contribution in [0.15, 0.2) is 11.6 Å². The van der Waals surface area contributed by atoms with Crippen LogP contribution >= 0.6 is 0 Å². The molecular weight excluding hydrogens is 352 g/mol. The Balaban J connectivity index is 2.05. The van der Waals surface area contributed by atoms with Crippen LogP contribution in [0.25, 0.3) is 0 Å². The lowest BCUT2D eigenvalue weighted by atomic mass is 9.53. The molecule has 3 aliphatic rings. The number of ketones is 3. The van der Waals surface area contributed by atoms with Crippen molar-refractivity contribution in [2.75, 3.05) is 0 Å². The van der Waals surface area contributed by atoms with Crippen molar-refractivity contribution < 1.29 is 19.5 Å². The molecule has 2 saturated carbocycles. The summed E-state index contributed by atoms with van der Waals surface area (Å²) in [6.07, 6.45) is 5.62. The molecule has 3 rings (SSSR count). The van der Waals surface area contributed by atoms with Crippen molar-refractivity contribution in [2.24, 2.45) is 47.3 Å². The Bertz CT molecular complexity index is 678. The number of carbonyl (C=O) groups is 3. The second kappa shape index (κ2) is 8.22. The Morgan fingerprint density at radius 3 is 2.43 bits per heavy atom. The minimum atomic E-state index is -1.07. The zero-order valence-electron chi connectivity index (χ0n) is 18.0. The van der Waals surface area contributed by atoms with E-state index >= 15 is 0 Å². The number of hydrogen-bond acceptors (Lipinski definition) is 4. The van der Waals surface area contributed by atoms with Gasteiger partial charge in [-0.1, -0.05) is 52.2 Å². The number of hydrogen-bond donors (Lipinski definition) is 1. The Morgan fingerprint density at radius 2 is 1.89 bits per heavy atom. The molecule has 28 heavy (non-hydrogen) atoms. The summed E-state index contributed by atoms with van der Waals surface area (Å²) in [5.41, 5.74) is 1.23. The molecule has 1 N–H and O–H groups in total. The number of allylic oxidation sites excluding steroid dienone is 2. The molecule has 0 aromatic rings. The van der Waals surface area contributed by atoms with Gasteiger partial charge in [0.2, 0.25) is 0 Å². The summed E-state index contributed by atoms with van der Waals surface area (Å²) in [6.45, 7) is 10.1. The molecule has 0 amide bonds. The second-order valence-electron chi connectivity index (χ2n) is 9.66. The van der Waals surface area contributed by atoms with Crippen LogP contribution in [-0.4, -0.2) is 28.6 Å². The maximum Gasteiger partial charge on any atom is 0.154 e. The second-order valence-corrected chi connectivity index (χ2v) is 9.66. The Labute approximate surface area is 169 Å². The lowest BCUT2D eigenvalue weighted by Gasteiger charge is -2.51. The van der Waals surface area contributed by atoms with Gasteiger partial charge in [-0.05, 0) is 49.4 Å². The summed E-state index contributed by atoms with van der Waals surface area (Å²) in [7, 11) is 0. The van der Waals surface area contributed by atoms with E-state index in [0.29, 0.717) is 0 Å². The lowest BCUT2D eigenvalue weighted by Crippen LogP contribution is -2.52. The molecule has 3 aliphatic carbocycles. The topological polar surface area (TPSA) is 71.4 Å². The molecule has 0 heterocycles. The van der Waals surface area contributed by atoms with Crippen LogP contribution in [0.1, 0.15) is 66.7 Å². The first kappa shape index (κ1) is 21.4. The van der Waals surface area contributed by atoms with Gasteiger partial charge in [0.15, 0.2) is 17.3 Å². The quantitative estimate of drug-likeness (QED) is 0.571. The average Bonchev–Trinajstić information content (AvgIpc) is 2.89. The van der Waals surface area contributed by atoms with Gasteiger partial charge < -0.3 is 5.11 Å². The number of Topliss-reactive ketones (excluding diaryl/α,β-unsaturated/α-hetero) is 3. The molecule has 0 spiro atoms. The largest absolute Gasteiger partial charge is 0.393 e. The summed E-state index contributed by atoms with van der Waals surface area (Å²) in [5.74, 6) is -1.70. The van der Waals surface area contributed by atoms with Crippen LogP contribution in [0, 0.1) is 47.3 Å². The molecule has 0 bridgehead atoms. The van der Waals surface area contributed by atoms with E-state index in [4.69, 9.17) is 0 Å². The van der Waals surface area contributed by atoms with Crippen LogP contribution in [0.3, 0.4) is 0 Å². The maximum atomic E-state index is 13.8. The number of aliphatic hydroxyl groups excluding tert-OH is 1. The van der Waals surface area contributed by atoms with Gasteiger partial charge in [-0.3, -0.25) is 14.4 Å².